The second-order valence-corrected chi connectivity index (χ2v) is 9.13. The highest BCUT2D eigenvalue weighted by Gasteiger charge is 2.29. The average Bonchev–Trinajstić information content (AvgIpc) is 2.92. The maximum Gasteiger partial charge on any atom is 0.311 e. The summed E-state index contributed by atoms with van der Waals surface area (Å²) >= 11 is 0. The van der Waals surface area contributed by atoms with E-state index in [9.17, 15) is 20.0 Å². The molecule has 0 fully saturated rings. The molecule has 0 spiro atoms. The molecule has 7 heteroatoms. The summed E-state index contributed by atoms with van der Waals surface area (Å²) in [5.74, 6) is -0.727. The van der Waals surface area contributed by atoms with Gasteiger partial charge in [0.1, 0.15) is 23.3 Å². The third kappa shape index (κ3) is 5.34. The number of allylic oxidation sites excluding steroid dienone is 1. The molecule has 1 aliphatic carbocycles. The quantitative estimate of drug-likeness (QED) is 0.465. The number of carboxylic acids is 1. The van der Waals surface area contributed by atoms with Crippen LogP contribution in [0.3, 0.4) is 0 Å². The van der Waals surface area contributed by atoms with Gasteiger partial charge in [0, 0.05) is 23.7 Å². The molecule has 3 aromatic carbocycles. The summed E-state index contributed by atoms with van der Waals surface area (Å²) in [5.41, 5.74) is 5.01. The Bertz CT molecular complexity index is 1420. The monoisotopic (exact) mass is 494 g/mol. The number of nitrogens with zero attached hydrogens (tertiary/aromatic N) is 1. The summed E-state index contributed by atoms with van der Waals surface area (Å²) in [6, 6.07) is 18.3. The van der Waals surface area contributed by atoms with Gasteiger partial charge in [0.25, 0.3) is 5.91 Å². The third-order valence-electron chi connectivity index (χ3n) is 6.70. The van der Waals surface area contributed by atoms with Crippen LogP contribution in [0.15, 0.2) is 60.7 Å². The number of hydrogen-bond donors (Lipinski definition) is 2. The van der Waals surface area contributed by atoms with Gasteiger partial charge in [0.15, 0.2) is 0 Å². The van der Waals surface area contributed by atoms with Crippen LogP contribution in [0, 0.1) is 11.3 Å². The number of hydrogen-bond acceptors (Lipinski definition) is 5. The molecule has 1 aliphatic heterocycles. The molecule has 2 aliphatic rings. The second-order valence-electron chi connectivity index (χ2n) is 9.13. The molecule has 1 amide bonds. The van der Waals surface area contributed by atoms with Crippen LogP contribution in [0.2, 0.25) is 0 Å². The molecule has 0 saturated heterocycles. The minimum atomic E-state index is -0.948. The predicted octanol–water partition coefficient (Wildman–Crippen LogP) is 5.23. The SMILES string of the molecule is N#Cc1cc2c(cc1Oc1ccc(C(=O)NCCc3ccc4c(c3)C=CCC4)cc1)OCCC2C(=O)O. The summed E-state index contributed by atoms with van der Waals surface area (Å²) < 4.78 is 11.5. The Morgan fingerprint density at radius 1 is 1.14 bits per heavy atom. The van der Waals surface area contributed by atoms with Gasteiger partial charge in [-0.15, -0.1) is 0 Å². The van der Waals surface area contributed by atoms with Crippen molar-refractivity contribution in [2.24, 2.45) is 0 Å². The molecule has 7 nitrogen and oxygen atoms in total. The molecule has 5 rings (SSSR count). The van der Waals surface area contributed by atoms with Crippen molar-refractivity contribution in [1.82, 2.24) is 5.32 Å². The molecule has 3 aromatic rings. The van der Waals surface area contributed by atoms with E-state index in [2.05, 4.69) is 41.7 Å². The van der Waals surface area contributed by atoms with Gasteiger partial charge in [-0.2, -0.15) is 5.26 Å². The number of carboxylic acid groups (broad SMARTS) is 1. The van der Waals surface area contributed by atoms with E-state index >= 15 is 0 Å². The zero-order valence-electron chi connectivity index (χ0n) is 20.2. The van der Waals surface area contributed by atoms with Crippen molar-refractivity contribution in [2.75, 3.05) is 13.2 Å². The third-order valence-corrected chi connectivity index (χ3v) is 6.70. The van der Waals surface area contributed by atoms with E-state index in [0.717, 1.165) is 19.3 Å². The summed E-state index contributed by atoms with van der Waals surface area (Å²) in [5, 5.41) is 22.0. The maximum absolute atomic E-state index is 12.6. The van der Waals surface area contributed by atoms with Gasteiger partial charge in [-0.1, -0.05) is 30.4 Å². The van der Waals surface area contributed by atoms with E-state index in [4.69, 9.17) is 9.47 Å². The van der Waals surface area contributed by atoms with Gasteiger partial charge in [-0.05, 0) is 72.7 Å². The van der Waals surface area contributed by atoms with Crippen LogP contribution in [0.4, 0.5) is 0 Å². The molecule has 2 N–H and O–H groups in total. The average molecular weight is 495 g/mol. The van der Waals surface area contributed by atoms with Crippen molar-refractivity contribution in [1.29, 1.82) is 5.26 Å². The van der Waals surface area contributed by atoms with Gasteiger partial charge in [-0.3, -0.25) is 9.59 Å². The lowest BCUT2D eigenvalue weighted by Gasteiger charge is -2.24. The zero-order valence-corrected chi connectivity index (χ0v) is 20.2. The molecule has 1 atom stereocenters. The molecule has 1 unspecified atom stereocenters. The van der Waals surface area contributed by atoms with E-state index in [1.807, 2.05) is 0 Å². The topological polar surface area (TPSA) is 109 Å². The minimum Gasteiger partial charge on any atom is -0.493 e. The Kier molecular flexibility index (Phi) is 6.91. The van der Waals surface area contributed by atoms with Gasteiger partial charge in [0.2, 0.25) is 0 Å². The Balaban J connectivity index is 1.21. The first-order valence-electron chi connectivity index (χ1n) is 12.3. The molecule has 0 saturated carbocycles. The molecule has 186 valence electrons. The lowest BCUT2D eigenvalue weighted by molar-refractivity contribution is -0.139. The summed E-state index contributed by atoms with van der Waals surface area (Å²) in [7, 11) is 0. The first kappa shape index (κ1) is 24.1. The molecular formula is C30H26N2O5. The van der Waals surface area contributed by atoms with E-state index in [0.29, 0.717) is 35.6 Å². The maximum atomic E-state index is 12.6. The largest absolute Gasteiger partial charge is 0.493 e. The fourth-order valence-corrected chi connectivity index (χ4v) is 4.70. The van der Waals surface area contributed by atoms with E-state index < -0.39 is 11.9 Å². The lowest BCUT2D eigenvalue weighted by atomic mass is 9.91. The van der Waals surface area contributed by atoms with Crippen LogP contribution in [0.1, 0.15) is 56.9 Å². The molecule has 0 bridgehead atoms. The Morgan fingerprint density at radius 2 is 1.97 bits per heavy atom. The molecule has 0 aromatic heterocycles. The predicted molar refractivity (Wildman–Crippen MR) is 138 cm³/mol. The summed E-state index contributed by atoms with van der Waals surface area (Å²) in [4.78, 5) is 24.2. The number of carbonyl (C=O) groups excluding carboxylic acids is 1. The number of ether oxygens (including phenoxy) is 2. The van der Waals surface area contributed by atoms with Crippen molar-refractivity contribution < 1.29 is 24.2 Å². The number of carbonyl (C=O) groups is 2. The van der Waals surface area contributed by atoms with Gasteiger partial charge in [0.05, 0.1) is 18.1 Å². The highest BCUT2D eigenvalue weighted by atomic mass is 16.5. The highest BCUT2D eigenvalue weighted by molar-refractivity contribution is 5.94. The number of amides is 1. The normalized spacial score (nSPS) is 15.5. The Hall–Kier alpha value is -4.57. The van der Waals surface area contributed by atoms with E-state index in [-0.39, 0.29) is 23.8 Å². The fraction of sp³-hybridized carbons (Fsp3) is 0.233. The van der Waals surface area contributed by atoms with Crippen LogP contribution < -0.4 is 14.8 Å². The summed E-state index contributed by atoms with van der Waals surface area (Å²) in [6.45, 7) is 0.806. The number of fused-ring (bicyclic) bond motifs is 2. The van der Waals surface area contributed by atoms with E-state index in [1.165, 1.54) is 22.8 Å². The first-order valence-corrected chi connectivity index (χ1v) is 12.3. The van der Waals surface area contributed by atoms with Crippen molar-refractivity contribution in [3.8, 4) is 23.3 Å². The lowest BCUT2D eigenvalue weighted by Crippen LogP contribution is -2.25. The zero-order chi connectivity index (χ0) is 25.8. The van der Waals surface area contributed by atoms with Crippen LogP contribution >= 0.6 is 0 Å². The summed E-state index contributed by atoms with van der Waals surface area (Å²) in [6.07, 6.45) is 7.60. The fourth-order valence-electron chi connectivity index (χ4n) is 4.70. The number of nitriles is 1. The molecular weight excluding hydrogens is 468 g/mol. The molecule has 37 heavy (non-hydrogen) atoms. The Morgan fingerprint density at radius 3 is 2.76 bits per heavy atom. The first-order chi connectivity index (χ1) is 18.0. The van der Waals surface area contributed by atoms with Crippen molar-refractivity contribution in [3.63, 3.8) is 0 Å². The number of benzene rings is 3. The van der Waals surface area contributed by atoms with Crippen molar-refractivity contribution >= 4 is 18.0 Å². The van der Waals surface area contributed by atoms with Crippen LogP contribution in [-0.4, -0.2) is 30.1 Å². The van der Waals surface area contributed by atoms with E-state index in [1.54, 1.807) is 30.3 Å². The minimum absolute atomic E-state index is 0.177. The van der Waals surface area contributed by atoms with Crippen LogP contribution in [-0.2, 0) is 17.6 Å². The van der Waals surface area contributed by atoms with Gasteiger partial charge < -0.3 is 19.9 Å². The molecule has 1 heterocycles. The standard InChI is InChI=1S/C30H26N2O5/c31-18-23-16-26-25(30(34)35)12-14-36-28(26)17-27(23)37-24-9-7-21(8-10-24)29(33)32-13-11-19-5-6-20-3-1-2-4-22(20)15-19/h2,4-10,15-17,25H,1,3,11-14H2,(H,32,33)(H,34,35). The number of rotatable bonds is 7. The molecule has 0 radical (unpaired) electrons. The van der Waals surface area contributed by atoms with Crippen LogP contribution in [0.5, 0.6) is 17.2 Å². The van der Waals surface area contributed by atoms with Gasteiger partial charge >= 0.3 is 5.97 Å². The highest BCUT2D eigenvalue weighted by Crippen LogP contribution is 2.39. The van der Waals surface area contributed by atoms with Gasteiger partial charge in [-0.25, -0.2) is 0 Å². The van der Waals surface area contributed by atoms with Crippen molar-refractivity contribution in [3.05, 3.63) is 94.1 Å². The number of nitrogens with one attached hydrogen (secondary N) is 1. The Labute approximate surface area is 215 Å². The second kappa shape index (κ2) is 10.6. The smallest absolute Gasteiger partial charge is 0.311 e. The number of aryl methyl sites for hydroxylation is 1. The number of aliphatic carboxylic acids is 1. The van der Waals surface area contributed by atoms with Crippen molar-refractivity contribution in [2.45, 2.75) is 31.6 Å². The van der Waals surface area contributed by atoms with Crippen LogP contribution in [0.25, 0.3) is 6.08 Å².